The number of alkyl halides is 1. The minimum atomic E-state index is -1.04. The van der Waals surface area contributed by atoms with Crippen LogP contribution in [0.25, 0.3) is 0 Å². The zero-order valence-electron chi connectivity index (χ0n) is 13.1. The second-order valence-corrected chi connectivity index (χ2v) is 6.93. The Morgan fingerprint density at radius 2 is 2.00 bits per heavy atom. The Kier molecular flexibility index (Phi) is 6.02. The van der Waals surface area contributed by atoms with Gasteiger partial charge in [0.05, 0.1) is 22.5 Å². The highest BCUT2D eigenvalue weighted by atomic mass is 79.9. The second kappa shape index (κ2) is 8.06. The van der Waals surface area contributed by atoms with Crippen LogP contribution in [0.15, 0.2) is 48.5 Å². The van der Waals surface area contributed by atoms with Crippen LogP contribution >= 0.6 is 39.1 Å². The van der Waals surface area contributed by atoms with Crippen molar-refractivity contribution in [2.24, 2.45) is 0 Å². The molecule has 2 aromatic rings. The van der Waals surface area contributed by atoms with Gasteiger partial charge in [-0.05, 0) is 24.3 Å². The van der Waals surface area contributed by atoms with Crippen LogP contribution in [0.2, 0.25) is 10.0 Å². The van der Waals surface area contributed by atoms with Gasteiger partial charge in [-0.25, -0.2) is 4.79 Å². The molecule has 1 aliphatic heterocycles. The zero-order chi connectivity index (χ0) is 17.9. The molecule has 4 nitrogen and oxygen atoms in total. The topological polar surface area (TPSA) is 44.8 Å². The van der Waals surface area contributed by atoms with E-state index < -0.39 is 17.9 Å². The molecule has 7 heteroatoms. The average molecular weight is 446 g/mol. The number of esters is 1. The van der Waals surface area contributed by atoms with Gasteiger partial charge in [-0.2, -0.15) is 0 Å². The number of halogens is 3. The van der Waals surface area contributed by atoms with Crippen molar-refractivity contribution in [1.29, 1.82) is 0 Å². The fourth-order valence-corrected chi connectivity index (χ4v) is 3.70. The molecule has 0 N–H and O–H groups in total. The molecule has 2 atom stereocenters. The van der Waals surface area contributed by atoms with E-state index in [-0.39, 0.29) is 13.2 Å². The number of hydrogen-bond acceptors (Lipinski definition) is 4. The maximum absolute atomic E-state index is 12.0. The van der Waals surface area contributed by atoms with Gasteiger partial charge < -0.3 is 14.2 Å². The molecule has 0 spiro atoms. The third-order valence-electron chi connectivity index (χ3n) is 3.79. The van der Waals surface area contributed by atoms with Crippen molar-refractivity contribution in [2.75, 3.05) is 18.5 Å². The molecule has 1 aliphatic rings. The van der Waals surface area contributed by atoms with Gasteiger partial charge in [0.1, 0.15) is 12.7 Å². The number of carbonyl (C=O) groups is 1. The lowest BCUT2D eigenvalue weighted by atomic mass is 10.1. The lowest BCUT2D eigenvalue weighted by molar-refractivity contribution is -0.160. The van der Waals surface area contributed by atoms with Gasteiger partial charge in [-0.15, -0.1) is 0 Å². The average Bonchev–Trinajstić information content (AvgIpc) is 3.05. The molecule has 0 radical (unpaired) electrons. The fraction of sp³-hybridized carbons (Fsp3) is 0.278. The Morgan fingerprint density at radius 1 is 1.24 bits per heavy atom. The van der Waals surface area contributed by atoms with Gasteiger partial charge in [0.2, 0.25) is 5.79 Å². The van der Waals surface area contributed by atoms with Crippen LogP contribution in [0.5, 0.6) is 0 Å². The Hall–Kier alpha value is -1.11. The summed E-state index contributed by atoms with van der Waals surface area (Å²) >= 11 is 15.6. The van der Waals surface area contributed by atoms with Crippen LogP contribution in [0.3, 0.4) is 0 Å². The summed E-state index contributed by atoms with van der Waals surface area (Å²) in [4.78, 5) is 12.0. The molecule has 0 saturated carbocycles. The van der Waals surface area contributed by atoms with Crippen molar-refractivity contribution in [3.63, 3.8) is 0 Å². The summed E-state index contributed by atoms with van der Waals surface area (Å²) in [6.07, 6.45) is -0.392. The molecular formula is C18H15BrCl2O4. The summed E-state index contributed by atoms with van der Waals surface area (Å²) in [5.41, 5.74) is 1.17. The van der Waals surface area contributed by atoms with Crippen LogP contribution < -0.4 is 0 Å². The lowest BCUT2D eigenvalue weighted by Crippen LogP contribution is -2.31. The Bertz CT molecular complexity index is 756. The maximum atomic E-state index is 12.0. The van der Waals surface area contributed by atoms with Gasteiger partial charge >= 0.3 is 5.97 Å². The Balaban J connectivity index is 1.66. The molecule has 0 aromatic heterocycles. The van der Waals surface area contributed by atoms with Crippen molar-refractivity contribution in [1.82, 2.24) is 0 Å². The highest BCUT2D eigenvalue weighted by Crippen LogP contribution is 2.40. The van der Waals surface area contributed by atoms with E-state index in [0.29, 0.717) is 26.5 Å². The smallest absolute Gasteiger partial charge is 0.338 e. The van der Waals surface area contributed by atoms with Crippen molar-refractivity contribution in [3.8, 4) is 0 Å². The highest BCUT2D eigenvalue weighted by molar-refractivity contribution is 9.09. The summed E-state index contributed by atoms with van der Waals surface area (Å²) in [6, 6.07) is 13.9. The first kappa shape index (κ1) is 18.7. The van der Waals surface area contributed by atoms with E-state index in [4.69, 9.17) is 37.4 Å². The van der Waals surface area contributed by atoms with Gasteiger partial charge in [0.15, 0.2) is 0 Å². The van der Waals surface area contributed by atoms with Crippen LogP contribution in [0.1, 0.15) is 15.9 Å². The predicted molar refractivity (Wildman–Crippen MR) is 99.5 cm³/mol. The van der Waals surface area contributed by atoms with E-state index in [1.807, 2.05) is 6.07 Å². The molecule has 0 aliphatic carbocycles. The quantitative estimate of drug-likeness (QED) is 0.489. The summed E-state index contributed by atoms with van der Waals surface area (Å²) in [5.74, 6) is -1.43. The first-order valence-corrected chi connectivity index (χ1v) is 9.47. The minimum Gasteiger partial charge on any atom is -0.459 e. The summed E-state index contributed by atoms with van der Waals surface area (Å²) in [5, 5.41) is 1.36. The lowest BCUT2D eigenvalue weighted by Gasteiger charge is -2.27. The maximum Gasteiger partial charge on any atom is 0.338 e. The standard InChI is InChI=1S/C18H15BrCl2O4/c19-11-18(15-7-6-13(20)8-16(15)21)24-10-14(25-18)9-23-17(22)12-4-2-1-3-5-12/h1-8,14H,9-11H2/t14?,18-/m0/s1. The molecule has 2 aromatic carbocycles. The van der Waals surface area contributed by atoms with E-state index in [2.05, 4.69) is 15.9 Å². The summed E-state index contributed by atoms with van der Waals surface area (Å²) < 4.78 is 17.2. The van der Waals surface area contributed by atoms with E-state index in [0.717, 1.165) is 0 Å². The summed E-state index contributed by atoms with van der Waals surface area (Å²) in [7, 11) is 0. The van der Waals surface area contributed by atoms with Crippen molar-refractivity contribution >= 4 is 45.1 Å². The Labute approximate surface area is 164 Å². The van der Waals surface area contributed by atoms with Gasteiger partial charge in [0.25, 0.3) is 0 Å². The molecule has 0 bridgehead atoms. The molecule has 1 heterocycles. The van der Waals surface area contributed by atoms with E-state index >= 15 is 0 Å². The third-order valence-corrected chi connectivity index (χ3v) is 5.07. The first-order valence-electron chi connectivity index (χ1n) is 7.59. The predicted octanol–water partition coefficient (Wildman–Crippen LogP) is 4.81. The highest BCUT2D eigenvalue weighted by Gasteiger charge is 2.44. The molecule has 0 amide bonds. The molecule has 3 rings (SSSR count). The molecular weight excluding hydrogens is 431 g/mol. The number of benzene rings is 2. The number of hydrogen-bond donors (Lipinski definition) is 0. The van der Waals surface area contributed by atoms with E-state index in [1.165, 1.54) is 0 Å². The summed E-state index contributed by atoms with van der Waals surface area (Å²) in [6.45, 7) is 0.375. The molecule has 1 fully saturated rings. The molecule has 1 unspecified atom stereocenters. The van der Waals surface area contributed by atoms with E-state index in [9.17, 15) is 4.79 Å². The van der Waals surface area contributed by atoms with Gasteiger partial charge in [-0.1, -0.05) is 63.4 Å². The monoisotopic (exact) mass is 444 g/mol. The first-order chi connectivity index (χ1) is 12.0. The zero-order valence-corrected chi connectivity index (χ0v) is 16.2. The van der Waals surface area contributed by atoms with Crippen LogP contribution in [-0.4, -0.2) is 30.6 Å². The molecule has 25 heavy (non-hydrogen) atoms. The SMILES string of the molecule is O=C(OCC1CO[C@](CBr)(c2ccc(Cl)cc2Cl)O1)c1ccccc1. The molecule has 132 valence electrons. The second-order valence-electron chi connectivity index (χ2n) is 5.53. The van der Waals surface area contributed by atoms with Gasteiger partial charge in [-0.3, -0.25) is 0 Å². The fourth-order valence-electron chi connectivity index (χ4n) is 2.55. The van der Waals surface area contributed by atoms with Crippen molar-refractivity contribution in [3.05, 3.63) is 69.7 Å². The van der Waals surface area contributed by atoms with E-state index in [1.54, 1.807) is 42.5 Å². The van der Waals surface area contributed by atoms with Crippen LogP contribution in [-0.2, 0) is 20.0 Å². The van der Waals surface area contributed by atoms with Crippen LogP contribution in [0.4, 0.5) is 0 Å². The number of rotatable bonds is 5. The molecule has 1 saturated heterocycles. The van der Waals surface area contributed by atoms with Crippen LogP contribution in [0, 0.1) is 0 Å². The number of carbonyl (C=O) groups excluding carboxylic acids is 1. The van der Waals surface area contributed by atoms with Crippen molar-refractivity contribution in [2.45, 2.75) is 11.9 Å². The Morgan fingerprint density at radius 3 is 2.68 bits per heavy atom. The minimum absolute atomic E-state index is 0.0910. The van der Waals surface area contributed by atoms with Crippen molar-refractivity contribution < 1.29 is 19.0 Å². The number of ether oxygens (including phenoxy) is 3. The normalized spacial score (nSPS) is 22.8. The largest absolute Gasteiger partial charge is 0.459 e. The third kappa shape index (κ3) is 4.18. The van der Waals surface area contributed by atoms with Gasteiger partial charge in [0, 0.05) is 10.6 Å².